The molecule has 118 valence electrons. The molecule has 0 aliphatic carbocycles. The Balaban J connectivity index is 2.11. The van der Waals surface area contributed by atoms with Crippen molar-refractivity contribution in [2.75, 3.05) is 26.2 Å². The van der Waals surface area contributed by atoms with Crippen LogP contribution in [-0.2, 0) is 5.54 Å². The predicted molar refractivity (Wildman–Crippen MR) is 88.3 cm³/mol. The molecule has 3 nitrogen and oxygen atoms in total. The molecule has 0 saturated carbocycles. The van der Waals surface area contributed by atoms with Gasteiger partial charge in [-0.25, -0.2) is 0 Å². The zero-order valence-corrected chi connectivity index (χ0v) is 13.7. The van der Waals surface area contributed by atoms with Crippen LogP contribution in [0.4, 0.5) is 0 Å². The number of aliphatic hydroxyl groups excluding tert-OH is 1. The number of benzene rings is 1. The highest BCUT2D eigenvalue weighted by Gasteiger charge is 2.33. The molecule has 1 aliphatic heterocycles. The van der Waals surface area contributed by atoms with Gasteiger partial charge in [-0.1, -0.05) is 37.3 Å². The van der Waals surface area contributed by atoms with E-state index in [1.165, 1.54) is 25.1 Å². The third-order valence-corrected chi connectivity index (χ3v) is 4.52. The summed E-state index contributed by atoms with van der Waals surface area (Å²) in [4.78, 5) is 2.53. The highest BCUT2D eigenvalue weighted by atomic mass is 16.3. The molecule has 3 heteroatoms. The monoisotopic (exact) mass is 290 g/mol. The maximum absolute atomic E-state index is 10.1. The van der Waals surface area contributed by atoms with E-state index in [-0.39, 0.29) is 12.1 Å². The Kier molecular flexibility index (Phi) is 5.80. The van der Waals surface area contributed by atoms with E-state index in [9.17, 15) is 5.11 Å². The van der Waals surface area contributed by atoms with Crippen LogP contribution < -0.4 is 5.32 Å². The molecule has 2 N–H and O–H groups in total. The number of hydrogen-bond acceptors (Lipinski definition) is 3. The summed E-state index contributed by atoms with van der Waals surface area (Å²) >= 11 is 0. The van der Waals surface area contributed by atoms with Crippen LogP contribution in [0.15, 0.2) is 30.3 Å². The molecule has 0 radical (unpaired) electrons. The van der Waals surface area contributed by atoms with Crippen LogP contribution in [0.1, 0.15) is 39.2 Å². The summed E-state index contributed by atoms with van der Waals surface area (Å²) in [5.41, 5.74) is 0.856. The van der Waals surface area contributed by atoms with Crippen molar-refractivity contribution < 1.29 is 5.11 Å². The number of rotatable bonds is 7. The molecular formula is C18H30N2O. The lowest BCUT2D eigenvalue weighted by Gasteiger charge is -2.37. The SMILES string of the molecule is CC1CCN(CCC(CO)(NC(C)C)c2ccccc2)C1. The van der Waals surface area contributed by atoms with E-state index < -0.39 is 0 Å². The van der Waals surface area contributed by atoms with Crippen molar-refractivity contribution in [2.45, 2.75) is 45.2 Å². The standard InChI is InChI=1S/C18H30N2O/c1-15(2)19-18(14-21,17-7-5-4-6-8-17)10-12-20-11-9-16(3)13-20/h4-8,15-16,19,21H,9-14H2,1-3H3. The Labute approximate surface area is 129 Å². The molecule has 1 aliphatic rings. The van der Waals surface area contributed by atoms with Crippen molar-refractivity contribution in [1.82, 2.24) is 10.2 Å². The van der Waals surface area contributed by atoms with E-state index in [0.29, 0.717) is 6.04 Å². The first-order valence-electron chi connectivity index (χ1n) is 8.22. The molecule has 0 aromatic heterocycles. The van der Waals surface area contributed by atoms with E-state index in [4.69, 9.17) is 0 Å². The summed E-state index contributed by atoms with van der Waals surface area (Å²) in [5, 5.41) is 13.7. The minimum absolute atomic E-state index is 0.137. The number of nitrogens with zero attached hydrogens (tertiary/aromatic N) is 1. The smallest absolute Gasteiger partial charge is 0.0683 e. The normalized spacial score (nSPS) is 22.6. The van der Waals surface area contributed by atoms with E-state index in [0.717, 1.165) is 18.9 Å². The minimum Gasteiger partial charge on any atom is -0.394 e. The Morgan fingerprint density at radius 3 is 2.57 bits per heavy atom. The summed E-state index contributed by atoms with van der Waals surface area (Å²) in [6.45, 7) is 10.2. The average Bonchev–Trinajstić information content (AvgIpc) is 2.90. The van der Waals surface area contributed by atoms with Gasteiger partial charge in [0, 0.05) is 19.1 Å². The van der Waals surface area contributed by atoms with Gasteiger partial charge in [-0.05, 0) is 44.7 Å². The van der Waals surface area contributed by atoms with Crippen molar-refractivity contribution in [1.29, 1.82) is 0 Å². The zero-order chi connectivity index (χ0) is 15.3. The first kappa shape index (κ1) is 16.5. The maximum Gasteiger partial charge on any atom is 0.0683 e. The summed E-state index contributed by atoms with van der Waals surface area (Å²) in [5.74, 6) is 0.809. The van der Waals surface area contributed by atoms with Gasteiger partial charge in [-0.15, -0.1) is 0 Å². The van der Waals surface area contributed by atoms with Crippen molar-refractivity contribution >= 4 is 0 Å². The van der Waals surface area contributed by atoms with Crippen LogP contribution in [0.3, 0.4) is 0 Å². The Hall–Kier alpha value is -0.900. The van der Waals surface area contributed by atoms with E-state index in [1.54, 1.807) is 0 Å². The van der Waals surface area contributed by atoms with E-state index >= 15 is 0 Å². The van der Waals surface area contributed by atoms with Crippen LogP contribution in [0, 0.1) is 5.92 Å². The third kappa shape index (κ3) is 4.29. The van der Waals surface area contributed by atoms with Gasteiger partial charge < -0.3 is 15.3 Å². The minimum atomic E-state index is -0.332. The molecule has 0 bridgehead atoms. The van der Waals surface area contributed by atoms with Gasteiger partial charge >= 0.3 is 0 Å². The van der Waals surface area contributed by atoms with Crippen molar-refractivity contribution in [3.8, 4) is 0 Å². The quantitative estimate of drug-likeness (QED) is 0.810. The molecule has 0 amide bonds. The lowest BCUT2D eigenvalue weighted by molar-refractivity contribution is 0.127. The van der Waals surface area contributed by atoms with Gasteiger partial charge in [0.15, 0.2) is 0 Å². The zero-order valence-electron chi connectivity index (χ0n) is 13.7. The van der Waals surface area contributed by atoms with Crippen LogP contribution in [0.2, 0.25) is 0 Å². The van der Waals surface area contributed by atoms with Crippen molar-refractivity contribution in [3.63, 3.8) is 0 Å². The molecule has 0 spiro atoms. The third-order valence-electron chi connectivity index (χ3n) is 4.52. The highest BCUT2D eigenvalue weighted by Crippen LogP contribution is 2.27. The molecule has 1 aromatic rings. The fourth-order valence-corrected chi connectivity index (χ4v) is 3.40. The van der Waals surface area contributed by atoms with Gasteiger partial charge in [0.05, 0.1) is 12.1 Å². The number of nitrogens with one attached hydrogen (secondary N) is 1. The van der Waals surface area contributed by atoms with Gasteiger partial charge in [0.25, 0.3) is 0 Å². The first-order chi connectivity index (χ1) is 10.1. The van der Waals surface area contributed by atoms with Crippen LogP contribution in [0.25, 0.3) is 0 Å². The molecule has 1 saturated heterocycles. The molecule has 1 fully saturated rings. The molecule has 21 heavy (non-hydrogen) atoms. The largest absolute Gasteiger partial charge is 0.394 e. The first-order valence-corrected chi connectivity index (χ1v) is 8.22. The molecule has 1 heterocycles. The Morgan fingerprint density at radius 2 is 2.05 bits per heavy atom. The number of aliphatic hydroxyl groups is 1. The Morgan fingerprint density at radius 1 is 1.33 bits per heavy atom. The summed E-state index contributed by atoms with van der Waals surface area (Å²) in [6, 6.07) is 10.7. The lowest BCUT2D eigenvalue weighted by Crippen LogP contribution is -2.50. The molecule has 2 atom stereocenters. The maximum atomic E-state index is 10.1. The van der Waals surface area contributed by atoms with Crippen LogP contribution >= 0.6 is 0 Å². The number of hydrogen-bond donors (Lipinski definition) is 2. The lowest BCUT2D eigenvalue weighted by atomic mass is 9.86. The fourth-order valence-electron chi connectivity index (χ4n) is 3.40. The van der Waals surface area contributed by atoms with Gasteiger partial charge in [-0.3, -0.25) is 0 Å². The highest BCUT2D eigenvalue weighted by molar-refractivity contribution is 5.25. The predicted octanol–water partition coefficient (Wildman–Crippen LogP) is 2.60. The summed E-state index contributed by atoms with van der Waals surface area (Å²) in [7, 11) is 0. The molecule has 2 unspecified atom stereocenters. The Bertz CT molecular complexity index is 420. The second kappa shape index (κ2) is 7.39. The van der Waals surface area contributed by atoms with Gasteiger partial charge in [-0.2, -0.15) is 0 Å². The second-order valence-corrected chi connectivity index (χ2v) is 6.85. The van der Waals surface area contributed by atoms with Gasteiger partial charge in [0.1, 0.15) is 0 Å². The summed E-state index contributed by atoms with van der Waals surface area (Å²) < 4.78 is 0. The molecule has 1 aromatic carbocycles. The van der Waals surface area contributed by atoms with Crippen molar-refractivity contribution in [2.24, 2.45) is 5.92 Å². The molecular weight excluding hydrogens is 260 g/mol. The van der Waals surface area contributed by atoms with E-state index in [2.05, 4.69) is 55.3 Å². The average molecular weight is 290 g/mol. The molecule has 2 rings (SSSR count). The van der Waals surface area contributed by atoms with Crippen LogP contribution in [-0.4, -0.2) is 42.3 Å². The second-order valence-electron chi connectivity index (χ2n) is 6.85. The van der Waals surface area contributed by atoms with Crippen molar-refractivity contribution in [3.05, 3.63) is 35.9 Å². The number of likely N-dealkylation sites (tertiary alicyclic amines) is 1. The van der Waals surface area contributed by atoms with E-state index in [1.807, 2.05) is 6.07 Å². The van der Waals surface area contributed by atoms with Crippen LogP contribution in [0.5, 0.6) is 0 Å². The summed E-state index contributed by atoms with van der Waals surface area (Å²) in [6.07, 6.45) is 2.24. The fraction of sp³-hybridized carbons (Fsp3) is 0.667. The topological polar surface area (TPSA) is 35.5 Å². The van der Waals surface area contributed by atoms with Gasteiger partial charge in [0.2, 0.25) is 0 Å².